The third-order valence-corrected chi connectivity index (χ3v) is 5.03. The van der Waals surface area contributed by atoms with Gasteiger partial charge < -0.3 is 9.80 Å². The van der Waals surface area contributed by atoms with E-state index in [1.54, 1.807) is 9.80 Å². The Labute approximate surface area is 119 Å². The molecule has 20 heavy (non-hydrogen) atoms. The van der Waals surface area contributed by atoms with Crippen molar-refractivity contribution in [1.29, 1.82) is 0 Å². The fourth-order valence-corrected chi connectivity index (χ4v) is 3.48. The lowest BCUT2D eigenvalue weighted by molar-refractivity contribution is -0.138. The van der Waals surface area contributed by atoms with E-state index in [4.69, 9.17) is 0 Å². The molecule has 2 aliphatic rings. The zero-order valence-electron chi connectivity index (χ0n) is 11.9. The van der Waals surface area contributed by atoms with Gasteiger partial charge in [0.2, 0.25) is 21.8 Å². The quantitative estimate of drug-likeness (QED) is 0.674. The van der Waals surface area contributed by atoms with Crippen molar-refractivity contribution in [3.8, 4) is 0 Å². The number of carbonyl (C=O) groups is 2. The summed E-state index contributed by atoms with van der Waals surface area (Å²) in [7, 11) is -3.34. The Kier molecular flexibility index (Phi) is 4.33. The average Bonchev–Trinajstić information content (AvgIpc) is 3.18. The maximum Gasteiger partial charge on any atom is 0.238 e. The average molecular weight is 303 g/mol. The van der Waals surface area contributed by atoms with Gasteiger partial charge in [0.25, 0.3) is 0 Å². The van der Waals surface area contributed by atoms with Gasteiger partial charge >= 0.3 is 0 Å². The Morgan fingerprint density at radius 2 is 1.60 bits per heavy atom. The minimum atomic E-state index is -3.34. The molecular weight excluding hydrogens is 282 g/mol. The van der Waals surface area contributed by atoms with Crippen molar-refractivity contribution in [1.82, 2.24) is 14.1 Å². The van der Waals surface area contributed by atoms with Crippen molar-refractivity contribution < 1.29 is 18.0 Å². The van der Waals surface area contributed by atoms with Crippen LogP contribution in [0.2, 0.25) is 0 Å². The number of piperazine rings is 1. The van der Waals surface area contributed by atoms with Crippen molar-refractivity contribution in [2.45, 2.75) is 25.8 Å². The van der Waals surface area contributed by atoms with Gasteiger partial charge in [-0.3, -0.25) is 9.59 Å². The Morgan fingerprint density at radius 1 is 1.10 bits per heavy atom. The maximum absolute atomic E-state index is 12.2. The molecule has 1 saturated carbocycles. The zero-order valence-corrected chi connectivity index (χ0v) is 12.7. The molecule has 2 fully saturated rings. The second-order valence-electron chi connectivity index (χ2n) is 5.43. The topological polar surface area (TPSA) is 78.0 Å². The summed E-state index contributed by atoms with van der Waals surface area (Å²) in [5.74, 6) is -0.168. The number of hydrogen-bond acceptors (Lipinski definition) is 4. The third kappa shape index (κ3) is 3.69. The van der Waals surface area contributed by atoms with Crippen molar-refractivity contribution in [3.05, 3.63) is 0 Å². The van der Waals surface area contributed by atoms with E-state index in [1.807, 2.05) is 0 Å². The van der Waals surface area contributed by atoms with E-state index in [0.717, 1.165) is 19.1 Å². The number of rotatable bonds is 4. The van der Waals surface area contributed by atoms with Gasteiger partial charge in [-0.2, -0.15) is 4.31 Å². The highest BCUT2D eigenvalue weighted by molar-refractivity contribution is 7.88. The smallest absolute Gasteiger partial charge is 0.238 e. The van der Waals surface area contributed by atoms with Gasteiger partial charge in [0.05, 0.1) is 12.8 Å². The lowest BCUT2D eigenvalue weighted by Crippen LogP contribution is -2.52. The number of hydrogen-bond donors (Lipinski definition) is 0. The second kappa shape index (κ2) is 5.69. The van der Waals surface area contributed by atoms with Crippen LogP contribution < -0.4 is 0 Å². The molecule has 1 aliphatic heterocycles. The van der Waals surface area contributed by atoms with Gasteiger partial charge in [0, 0.05) is 39.1 Å². The standard InChI is InChI=1S/C12H21N3O4S/c1-10(16)13-5-7-14(8-6-13)12(17)9-15(11-3-4-11)20(2,18)19/h11H,3-9H2,1-2H3. The normalized spacial score (nSPS) is 20.4. The maximum atomic E-state index is 12.2. The van der Waals surface area contributed by atoms with Crippen LogP contribution in [0.15, 0.2) is 0 Å². The van der Waals surface area contributed by atoms with E-state index >= 15 is 0 Å². The van der Waals surface area contributed by atoms with Gasteiger partial charge in [-0.25, -0.2) is 8.42 Å². The molecule has 1 aliphatic carbocycles. The van der Waals surface area contributed by atoms with Crippen LogP contribution in [0.25, 0.3) is 0 Å². The lowest BCUT2D eigenvalue weighted by Gasteiger charge is -2.35. The Morgan fingerprint density at radius 3 is 2.00 bits per heavy atom. The number of amides is 2. The summed E-state index contributed by atoms with van der Waals surface area (Å²) in [6.07, 6.45) is 2.81. The van der Waals surface area contributed by atoms with Gasteiger partial charge in [-0.1, -0.05) is 0 Å². The molecule has 7 nitrogen and oxygen atoms in total. The molecule has 2 rings (SSSR count). The van der Waals surface area contributed by atoms with Crippen LogP contribution in [-0.4, -0.2) is 79.4 Å². The Bertz CT molecular complexity index is 493. The van der Waals surface area contributed by atoms with Gasteiger partial charge in [0.1, 0.15) is 0 Å². The Balaban J connectivity index is 1.90. The molecule has 0 aromatic carbocycles. The van der Waals surface area contributed by atoms with E-state index in [9.17, 15) is 18.0 Å². The molecule has 0 radical (unpaired) electrons. The largest absolute Gasteiger partial charge is 0.339 e. The van der Waals surface area contributed by atoms with E-state index < -0.39 is 10.0 Å². The lowest BCUT2D eigenvalue weighted by atomic mass is 10.3. The summed E-state index contributed by atoms with van der Waals surface area (Å²) in [4.78, 5) is 26.7. The molecule has 0 bridgehead atoms. The van der Waals surface area contributed by atoms with Crippen molar-refractivity contribution in [2.24, 2.45) is 0 Å². The summed E-state index contributed by atoms with van der Waals surface area (Å²) >= 11 is 0. The molecule has 114 valence electrons. The monoisotopic (exact) mass is 303 g/mol. The van der Waals surface area contributed by atoms with Gasteiger partial charge in [0.15, 0.2) is 0 Å². The molecular formula is C12H21N3O4S. The van der Waals surface area contributed by atoms with Crippen LogP contribution >= 0.6 is 0 Å². The van der Waals surface area contributed by atoms with Crippen molar-refractivity contribution in [2.75, 3.05) is 39.0 Å². The van der Waals surface area contributed by atoms with Crippen molar-refractivity contribution >= 4 is 21.8 Å². The number of nitrogens with zero attached hydrogens (tertiary/aromatic N) is 3. The van der Waals surface area contributed by atoms with Gasteiger partial charge in [-0.05, 0) is 12.8 Å². The molecule has 1 saturated heterocycles. The first-order chi connectivity index (χ1) is 9.29. The van der Waals surface area contributed by atoms with Crippen LogP contribution in [0.3, 0.4) is 0 Å². The predicted molar refractivity (Wildman–Crippen MR) is 73.4 cm³/mol. The summed E-state index contributed by atoms with van der Waals surface area (Å²) in [5.41, 5.74) is 0. The zero-order chi connectivity index (χ0) is 14.9. The van der Waals surface area contributed by atoms with Crippen molar-refractivity contribution in [3.63, 3.8) is 0 Å². The molecule has 0 aromatic rings. The summed E-state index contributed by atoms with van der Waals surface area (Å²) in [5, 5.41) is 0. The van der Waals surface area contributed by atoms with E-state index in [1.165, 1.54) is 11.2 Å². The first kappa shape index (κ1) is 15.2. The molecule has 2 amide bonds. The molecule has 0 spiro atoms. The van der Waals surface area contributed by atoms with Crippen LogP contribution in [0.1, 0.15) is 19.8 Å². The molecule has 0 unspecified atom stereocenters. The highest BCUT2D eigenvalue weighted by atomic mass is 32.2. The van der Waals surface area contributed by atoms with Crippen LogP contribution in [0, 0.1) is 0 Å². The minimum absolute atomic E-state index is 0.00698. The first-order valence-corrected chi connectivity index (χ1v) is 8.64. The predicted octanol–water partition coefficient (Wildman–Crippen LogP) is -0.899. The number of sulfonamides is 1. The van der Waals surface area contributed by atoms with E-state index in [0.29, 0.717) is 26.2 Å². The van der Waals surface area contributed by atoms with Crippen LogP contribution in [-0.2, 0) is 19.6 Å². The Hall–Kier alpha value is -1.15. The molecule has 0 atom stereocenters. The molecule has 0 aromatic heterocycles. The molecule has 1 heterocycles. The molecule has 0 N–H and O–H groups in total. The highest BCUT2D eigenvalue weighted by Crippen LogP contribution is 2.28. The number of carbonyl (C=O) groups excluding carboxylic acids is 2. The third-order valence-electron chi connectivity index (χ3n) is 3.75. The van der Waals surface area contributed by atoms with Crippen LogP contribution in [0.5, 0.6) is 0 Å². The summed E-state index contributed by atoms with van der Waals surface area (Å²) in [6.45, 7) is 3.41. The molecule has 8 heteroatoms. The van der Waals surface area contributed by atoms with E-state index in [-0.39, 0.29) is 24.4 Å². The highest BCUT2D eigenvalue weighted by Gasteiger charge is 2.37. The summed E-state index contributed by atoms with van der Waals surface area (Å²) in [6, 6.07) is -0.00698. The first-order valence-electron chi connectivity index (χ1n) is 6.79. The SMILES string of the molecule is CC(=O)N1CCN(C(=O)CN(C2CC2)S(C)(=O)=O)CC1. The minimum Gasteiger partial charge on any atom is -0.339 e. The second-order valence-corrected chi connectivity index (χ2v) is 7.36. The fourth-order valence-electron chi connectivity index (χ4n) is 2.38. The summed E-state index contributed by atoms with van der Waals surface area (Å²) < 4.78 is 24.6. The fraction of sp³-hybridized carbons (Fsp3) is 0.833. The van der Waals surface area contributed by atoms with Gasteiger partial charge in [-0.15, -0.1) is 0 Å². The van der Waals surface area contributed by atoms with E-state index in [2.05, 4.69) is 0 Å². The van der Waals surface area contributed by atoms with Crippen LogP contribution in [0.4, 0.5) is 0 Å².